The number of benzene rings is 2. The number of hydrogen-bond acceptors (Lipinski definition) is 4. The number of aliphatic carboxylic acids is 1. The highest BCUT2D eigenvalue weighted by atomic mass is 79.9. The fourth-order valence-electron chi connectivity index (χ4n) is 3.35. The van der Waals surface area contributed by atoms with Gasteiger partial charge in [-0.15, -0.1) is 0 Å². The van der Waals surface area contributed by atoms with Gasteiger partial charge >= 0.3 is 5.97 Å². The van der Waals surface area contributed by atoms with E-state index in [4.69, 9.17) is 9.47 Å². The molecule has 2 aromatic carbocycles. The molecule has 0 amide bonds. The molecule has 0 aromatic heterocycles. The van der Waals surface area contributed by atoms with Crippen molar-refractivity contribution in [1.82, 2.24) is 0 Å². The van der Waals surface area contributed by atoms with Gasteiger partial charge < -0.3 is 19.7 Å². The smallest absolute Gasteiger partial charge is 0.347 e. The van der Waals surface area contributed by atoms with Crippen LogP contribution in [-0.4, -0.2) is 33.5 Å². The number of rotatable bonds is 8. The van der Waals surface area contributed by atoms with Crippen LogP contribution in [0.1, 0.15) is 49.4 Å². The first-order chi connectivity index (χ1) is 14.2. The third-order valence-corrected chi connectivity index (χ3v) is 7.88. The first-order valence-corrected chi connectivity index (χ1v) is 11.6. The van der Waals surface area contributed by atoms with Crippen molar-refractivity contribution in [2.24, 2.45) is 0 Å². The molecule has 0 aliphatic rings. The minimum absolute atomic E-state index is 0.155. The number of carboxylic acids is 1. The van der Waals surface area contributed by atoms with Crippen molar-refractivity contribution < 1.29 is 24.5 Å². The number of hydrogen-bond donors (Lipinski definition) is 2. The molecule has 0 saturated carbocycles. The summed E-state index contributed by atoms with van der Waals surface area (Å²) >= 11 is 7.04. The highest BCUT2D eigenvalue weighted by Crippen LogP contribution is 2.34. The molecule has 0 aliphatic carbocycles. The lowest BCUT2D eigenvalue weighted by atomic mass is 9.89. The van der Waals surface area contributed by atoms with E-state index in [0.717, 1.165) is 31.2 Å². The number of aliphatic hydroxyl groups is 1. The predicted octanol–water partition coefficient (Wildman–Crippen LogP) is 6.28. The third kappa shape index (κ3) is 6.02. The number of carboxylic acid groups (broad SMARTS) is 1. The van der Waals surface area contributed by atoms with E-state index in [1.54, 1.807) is 26.0 Å². The van der Waals surface area contributed by atoms with Crippen LogP contribution in [0.3, 0.4) is 0 Å². The van der Waals surface area contributed by atoms with Crippen molar-refractivity contribution in [2.45, 2.75) is 72.2 Å². The largest absolute Gasteiger partial charge is 0.485 e. The van der Waals surface area contributed by atoms with Crippen LogP contribution in [0.5, 0.6) is 11.5 Å². The molecule has 0 spiro atoms. The summed E-state index contributed by atoms with van der Waals surface area (Å²) in [5, 5.41) is 20.9. The molecule has 0 heterocycles. The molecule has 7 heteroatoms. The lowest BCUT2D eigenvalue weighted by molar-refractivity contribution is -0.159. The molecular formula is C24H30Br2O5. The van der Waals surface area contributed by atoms with E-state index >= 15 is 0 Å². The van der Waals surface area contributed by atoms with Crippen molar-refractivity contribution in [2.75, 3.05) is 0 Å². The quantitative estimate of drug-likeness (QED) is 0.399. The molecule has 0 radical (unpaired) electrons. The van der Waals surface area contributed by atoms with Gasteiger partial charge in [0.25, 0.3) is 0 Å². The minimum atomic E-state index is -1.64. The summed E-state index contributed by atoms with van der Waals surface area (Å²) in [6, 6.07) is 7.32. The van der Waals surface area contributed by atoms with Crippen LogP contribution in [0.2, 0.25) is 0 Å². The highest BCUT2D eigenvalue weighted by molar-refractivity contribution is 9.10. The lowest BCUT2D eigenvalue weighted by Crippen LogP contribution is -2.51. The van der Waals surface area contributed by atoms with Crippen molar-refractivity contribution in [3.8, 4) is 11.5 Å². The van der Waals surface area contributed by atoms with Crippen molar-refractivity contribution in [3.05, 3.63) is 55.5 Å². The SMILES string of the molecule is Cc1cc(OC(C)(CC(O)C(C)(C)Oc2cc(C)c(Br)c(C)c2)C(=O)O)cc(C)c1Br. The van der Waals surface area contributed by atoms with Crippen LogP contribution in [0.4, 0.5) is 0 Å². The summed E-state index contributed by atoms with van der Waals surface area (Å²) < 4.78 is 13.9. The minimum Gasteiger partial charge on any atom is -0.485 e. The fraction of sp³-hybridized carbons (Fsp3) is 0.458. The second-order valence-corrected chi connectivity index (χ2v) is 10.4. The van der Waals surface area contributed by atoms with E-state index in [1.165, 1.54) is 6.92 Å². The van der Waals surface area contributed by atoms with Gasteiger partial charge in [-0.05, 0) is 95.0 Å². The molecular weight excluding hydrogens is 528 g/mol. The molecule has 0 bridgehead atoms. The van der Waals surface area contributed by atoms with E-state index in [0.29, 0.717) is 11.5 Å². The van der Waals surface area contributed by atoms with Crippen LogP contribution >= 0.6 is 31.9 Å². The predicted molar refractivity (Wildman–Crippen MR) is 129 cm³/mol. The van der Waals surface area contributed by atoms with E-state index in [-0.39, 0.29) is 6.42 Å². The molecule has 5 nitrogen and oxygen atoms in total. The zero-order valence-electron chi connectivity index (χ0n) is 19.0. The fourth-order valence-corrected chi connectivity index (χ4v) is 3.81. The average molecular weight is 558 g/mol. The lowest BCUT2D eigenvalue weighted by Gasteiger charge is -2.36. The topological polar surface area (TPSA) is 76.0 Å². The Hall–Kier alpha value is -1.57. The molecule has 0 fully saturated rings. The van der Waals surface area contributed by atoms with Gasteiger partial charge in [0.05, 0.1) is 6.10 Å². The summed E-state index contributed by atoms with van der Waals surface area (Å²) in [4.78, 5) is 12.1. The van der Waals surface area contributed by atoms with Crippen molar-refractivity contribution in [3.63, 3.8) is 0 Å². The number of aliphatic hydroxyl groups excluding tert-OH is 1. The number of carbonyl (C=O) groups is 1. The normalized spacial score (nSPS) is 14.6. The number of aryl methyl sites for hydroxylation is 4. The first-order valence-electron chi connectivity index (χ1n) is 9.99. The average Bonchev–Trinajstić information content (AvgIpc) is 2.63. The summed E-state index contributed by atoms with van der Waals surface area (Å²) in [6.45, 7) is 12.7. The van der Waals surface area contributed by atoms with Gasteiger partial charge in [-0.2, -0.15) is 0 Å². The van der Waals surface area contributed by atoms with E-state index in [9.17, 15) is 15.0 Å². The Morgan fingerprint density at radius 3 is 1.58 bits per heavy atom. The maximum absolute atomic E-state index is 12.1. The number of halogens is 2. The van der Waals surface area contributed by atoms with Gasteiger partial charge in [-0.3, -0.25) is 0 Å². The molecule has 2 N–H and O–H groups in total. The maximum Gasteiger partial charge on any atom is 0.347 e. The summed E-state index contributed by atoms with van der Waals surface area (Å²) in [5.74, 6) is -0.108. The molecule has 0 aliphatic heterocycles. The van der Waals surface area contributed by atoms with E-state index in [1.807, 2.05) is 39.8 Å². The Labute approximate surface area is 201 Å². The monoisotopic (exact) mass is 556 g/mol. The Balaban J connectivity index is 2.25. The summed E-state index contributed by atoms with van der Waals surface area (Å²) in [6.07, 6.45) is -1.26. The second kappa shape index (κ2) is 9.51. The Morgan fingerprint density at radius 2 is 1.23 bits per heavy atom. The van der Waals surface area contributed by atoms with Crippen LogP contribution in [-0.2, 0) is 4.79 Å². The van der Waals surface area contributed by atoms with E-state index < -0.39 is 23.3 Å². The molecule has 31 heavy (non-hydrogen) atoms. The van der Waals surface area contributed by atoms with Gasteiger partial charge in [-0.1, -0.05) is 31.9 Å². The van der Waals surface area contributed by atoms with Crippen LogP contribution in [0.15, 0.2) is 33.2 Å². The van der Waals surface area contributed by atoms with Gasteiger partial charge in [-0.25, -0.2) is 4.79 Å². The summed E-state index contributed by atoms with van der Waals surface area (Å²) in [7, 11) is 0. The third-order valence-electron chi connectivity index (χ3n) is 5.38. The van der Waals surface area contributed by atoms with E-state index in [2.05, 4.69) is 31.9 Å². The summed E-state index contributed by atoms with van der Waals surface area (Å²) in [5.41, 5.74) is 1.22. The molecule has 2 unspecified atom stereocenters. The highest BCUT2D eigenvalue weighted by Gasteiger charge is 2.43. The molecule has 0 saturated heterocycles. The molecule has 2 aromatic rings. The Kier molecular flexibility index (Phi) is 7.88. The van der Waals surface area contributed by atoms with Gasteiger partial charge in [0.1, 0.15) is 17.1 Å². The van der Waals surface area contributed by atoms with Crippen molar-refractivity contribution in [1.29, 1.82) is 0 Å². The first kappa shape index (κ1) is 25.7. The van der Waals surface area contributed by atoms with Crippen LogP contribution < -0.4 is 9.47 Å². The Morgan fingerprint density at radius 1 is 0.871 bits per heavy atom. The van der Waals surface area contributed by atoms with Gasteiger partial charge in [0.2, 0.25) is 5.60 Å². The van der Waals surface area contributed by atoms with Gasteiger partial charge in [0.15, 0.2) is 0 Å². The zero-order valence-corrected chi connectivity index (χ0v) is 22.1. The van der Waals surface area contributed by atoms with Crippen LogP contribution in [0.25, 0.3) is 0 Å². The van der Waals surface area contributed by atoms with Crippen LogP contribution in [0, 0.1) is 27.7 Å². The molecule has 2 atom stereocenters. The maximum atomic E-state index is 12.1. The zero-order chi connectivity index (χ0) is 23.7. The number of ether oxygens (including phenoxy) is 2. The molecule has 2 rings (SSSR count). The molecule has 170 valence electrons. The standard InChI is InChI=1S/C24H30Br2O5/c1-13-8-17(9-14(2)20(13)25)30-23(5,6)19(27)12-24(7,22(28)29)31-18-10-15(3)21(26)16(4)11-18/h8-11,19,27H,12H2,1-7H3,(H,28,29). The Bertz CT molecular complexity index is 940. The second-order valence-electron chi connectivity index (χ2n) is 8.81. The van der Waals surface area contributed by atoms with Gasteiger partial charge in [0, 0.05) is 15.4 Å². The van der Waals surface area contributed by atoms with Crippen molar-refractivity contribution >= 4 is 37.8 Å².